The molecular formula is C12H22ClNO2. The van der Waals surface area contributed by atoms with Gasteiger partial charge in [-0.05, 0) is 30.6 Å². The third kappa shape index (κ3) is 1.65. The fraction of sp³-hybridized carbons (Fsp3) is 0.917. The average molecular weight is 248 g/mol. The molecule has 2 fully saturated rings. The van der Waals surface area contributed by atoms with Crippen LogP contribution in [0.25, 0.3) is 0 Å². The Labute approximate surface area is 104 Å². The van der Waals surface area contributed by atoms with E-state index < -0.39 is 0 Å². The van der Waals surface area contributed by atoms with Crippen molar-refractivity contribution in [3.63, 3.8) is 0 Å². The summed E-state index contributed by atoms with van der Waals surface area (Å²) >= 11 is 0. The third-order valence-electron chi connectivity index (χ3n) is 5.15. The van der Waals surface area contributed by atoms with Crippen molar-refractivity contribution in [2.24, 2.45) is 22.5 Å². The molecule has 0 radical (unpaired) electrons. The number of carbonyl (C=O) groups excluding carboxylic acids is 1. The predicted molar refractivity (Wildman–Crippen MR) is 65.4 cm³/mol. The van der Waals surface area contributed by atoms with Crippen LogP contribution in [0.15, 0.2) is 0 Å². The summed E-state index contributed by atoms with van der Waals surface area (Å²) in [5.74, 6) is 0.447. The van der Waals surface area contributed by atoms with E-state index >= 15 is 0 Å². The van der Waals surface area contributed by atoms with E-state index in [1.54, 1.807) is 0 Å². The van der Waals surface area contributed by atoms with Gasteiger partial charge in [0.15, 0.2) is 0 Å². The molecule has 94 valence electrons. The largest absolute Gasteiger partial charge is 0.461 e. The minimum atomic E-state index is -0.260. The van der Waals surface area contributed by atoms with Crippen molar-refractivity contribution in [1.29, 1.82) is 0 Å². The van der Waals surface area contributed by atoms with Gasteiger partial charge < -0.3 is 10.5 Å². The summed E-state index contributed by atoms with van der Waals surface area (Å²) in [7, 11) is 0. The molecule has 0 aliphatic heterocycles. The molecule has 2 N–H and O–H groups in total. The Morgan fingerprint density at radius 1 is 1.44 bits per heavy atom. The van der Waals surface area contributed by atoms with E-state index in [1.807, 2.05) is 0 Å². The number of ether oxygens (including phenoxy) is 1. The van der Waals surface area contributed by atoms with Crippen LogP contribution in [-0.4, -0.2) is 18.6 Å². The quantitative estimate of drug-likeness (QED) is 0.761. The second kappa shape index (κ2) is 4.19. The highest BCUT2D eigenvalue weighted by Gasteiger charge is 2.62. The van der Waals surface area contributed by atoms with Crippen LogP contribution >= 0.6 is 12.4 Å². The SMILES string of the molecule is CC1(C)C2CC[C@]1(C)C(OC(=O)CN)C2.Cl. The zero-order chi connectivity index (χ0) is 11.3. The number of fused-ring (bicyclic) bond motifs is 2. The zero-order valence-corrected chi connectivity index (χ0v) is 11.1. The summed E-state index contributed by atoms with van der Waals surface area (Å²) in [6.07, 6.45) is 3.56. The van der Waals surface area contributed by atoms with Crippen LogP contribution in [-0.2, 0) is 9.53 Å². The fourth-order valence-electron chi connectivity index (χ4n) is 3.52. The fourth-order valence-corrected chi connectivity index (χ4v) is 3.52. The molecule has 16 heavy (non-hydrogen) atoms. The molecule has 0 amide bonds. The maximum atomic E-state index is 11.3. The average Bonchev–Trinajstić information content (AvgIpc) is 2.50. The Morgan fingerprint density at radius 3 is 2.44 bits per heavy atom. The highest BCUT2D eigenvalue weighted by atomic mass is 35.5. The van der Waals surface area contributed by atoms with E-state index in [2.05, 4.69) is 20.8 Å². The Kier molecular flexibility index (Phi) is 3.61. The second-order valence-electron chi connectivity index (χ2n) is 5.79. The molecule has 2 unspecified atom stereocenters. The molecule has 0 heterocycles. The summed E-state index contributed by atoms with van der Waals surface area (Å²) in [4.78, 5) is 11.3. The standard InChI is InChI=1S/C12H21NO2.ClH/c1-11(2)8-4-5-12(11,3)9(6-8)15-10(14)7-13;/h8-9H,4-7,13H2,1-3H3;1H/t8?,9?,12-;/m1./s1. The first-order chi connectivity index (χ1) is 6.91. The summed E-state index contributed by atoms with van der Waals surface area (Å²) in [6.45, 7) is 6.87. The van der Waals surface area contributed by atoms with Gasteiger partial charge in [-0.1, -0.05) is 20.8 Å². The summed E-state index contributed by atoms with van der Waals surface area (Å²) in [5.41, 5.74) is 5.74. The van der Waals surface area contributed by atoms with Crippen LogP contribution in [0.2, 0.25) is 0 Å². The van der Waals surface area contributed by atoms with Gasteiger partial charge in [0.05, 0.1) is 6.54 Å². The molecule has 3 atom stereocenters. The van der Waals surface area contributed by atoms with Gasteiger partial charge >= 0.3 is 5.97 Å². The number of rotatable bonds is 2. The highest BCUT2D eigenvalue weighted by Crippen LogP contribution is 2.66. The van der Waals surface area contributed by atoms with E-state index in [-0.39, 0.29) is 36.4 Å². The summed E-state index contributed by atoms with van der Waals surface area (Å²) in [5, 5.41) is 0. The molecule has 2 rings (SSSR count). The van der Waals surface area contributed by atoms with Crippen LogP contribution in [0.3, 0.4) is 0 Å². The number of nitrogens with two attached hydrogens (primary N) is 1. The highest BCUT2D eigenvalue weighted by molar-refractivity contribution is 5.85. The van der Waals surface area contributed by atoms with Crippen molar-refractivity contribution in [1.82, 2.24) is 0 Å². The van der Waals surface area contributed by atoms with E-state index in [9.17, 15) is 4.79 Å². The van der Waals surface area contributed by atoms with Gasteiger partial charge in [0.2, 0.25) is 0 Å². The van der Waals surface area contributed by atoms with E-state index in [0.29, 0.717) is 11.3 Å². The van der Waals surface area contributed by atoms with Gasteiger partial charge in [0, 0.05) is 5.41 Å². The van der Waals surface area contributed by atoms with Crippen LogP contribution in [0.1, 0.15) is 40.0 Å². The maximum Gasteiger partial charge on any atom is 0.319 e. The topological polar surface area (TPSA) is 52.3 Å². The van der Waals surface area contributed by atoms with Gasteiger partial charge in [-0.25, -0.2) is 0 Å². The lowest BCUT2D eigenvalue weighted by atomic mass is 9.70. The molecule has 2 aliphatic rings. The number of carbonyl (C=O) groups is 1. The van der Waals surface area contributed by atoms with Crippen molar-refractivity contribution in [3.8, 4) is 0 Å². The zero-order valence-electron chi connectivity index (χ0n) is 10.3. The van der Waals surface area contributed by atoms with E-state index in [0.717, 1.165) is 6.42 Å². The summed E-state index contributed by atoms with van der Waals surface area (Å²) in [6, 6.07) is 0. The van der Waals surface area contributed by atoms with Gasteiger partial charge in [-0.2, -0.15) is 0 Å². The number of esters is 1. The molecular weight excluding hydrogens is 226 g/mol. The lowest BCUT2D eigenvalue weighted by molar-refractivity contribution is -0.155. The van der Waals surface area contributed by atoms with Crippen molar-refractivity contribution in [3.05, 3.63) is 0 Å². The molecule has 0 aromatic heterocycles. The summed E-state index contributed by atoms with van der Waals surface area (Å²) < 4.78 is 5.47. The number of hydrogen-bond acceptors (Lipinski definition) is 3. The van der Waals surface area contributed by atoms with Gasteiger partial charge in [-0.15, -0.1) is 12.4 Å². The van der Waals surface area contributed by atoms with Crippen molar-refractivity contribution < 1.29 is 9.53 Å². The lowest BCUT2D eigenvalue weighted by Gasteiger charge is -2.38. The number of halogens is 1. The number of hydrogen-bond donors (Lipinski definition) is 1. The first-order valence-electron chi connectivity index (χ1n) is 5.81. The second-order valence-corrected chi connectivity index (χ2v) is 5.79. The molecule has 0 saturated heterocycles. The first-order valence-corrected chi connectivity index (χ1v) is 5.81. The molecule has 0 aromatic rings. The molecule has 2 aliphatic carbocycles. The minimum absolute atomic E-state index is 0. The van der Waals surface area contributed by atoms with Gasteiger partial charge in [0.1, 0.15) is 6.10 Å². The molecule has 2 saturated carbocycles. The van der Waals surface area contributed by atoms with Crippen molar-refractivity contribution >= 4 is 18.4 Å². The van der Waals surface area contributed by atoms with Crippen molar-refractivity contribution in [2.45, 2.75) is 46.1 Å². The molecule has 3 nitrogen and oxygen atoms in total. The Morgan fingerprint density at radius 2 is 2.06 bits per heavy atom. The minimum Gasteiger partial charge on any atom is -0.461 e. The van der Waals surface area contributed by atoms with Crippen LogP contribution in [0.5, 0.6) is 0 Å². The molecule has 4 heteroatoms. The third-order valence-corrected chi connectivity index (χ3v) is 5.15. The maximum absolute atomic E-state index is 11.3. The predicted octanol–water partition coefficient (Wildman–Crippen LogP) is 2.12. The first kappa shape index (κ1) is 13.8. The molecule has 0 aromatic carbocycles. The smallest absolute Gasteiger partial charge is 0.319 e. The van der Waals surface area contributed by atoms with Crippen LogP contribution in [0, 0.1) is 16.7 Å². The van der Waals surface area contributed by atoms with Gasteiger partial charge in [0.25, 0.3) is 0 Å². The monoisotopic (exact) mass is 247 g/mol. The van der Waals surface area contributed by atoms with Crippen molar-refractivity contribution in [2.75, 3.05) is 6.54 Å². The molecule has 0 spiro atoms. The Balaban J connectivity index is 0.00000128. The van der Waals surface area contributed by atoms with Crippen LogP contribution < -0.4 is 5.73 Å². The van der Waals surface area contributed by atoms with Crippen LogP contribution in [0.4, 0.5) is 0 Å². The van der Waals surface area contributed by atoms with E-state index in [1.165, 1.54) is 12.8 Å². The molecule has 2 bridgehead atoms. The Hall–Kier alpha value is -0.280. The van der Waals surface area contributed by atoms with Gasteiger partial charge in [-0.3, -0.25) is 4.79 Å². The normalized spacial score (nSPS) is 39.2. The Bertz CT molecular complexity index is 293. The van der Waals surface area contributed by atoms with E-state index in [4.69, 9.17) is 10.5 Å². The lowest BCUT2D eigenvalue weighted by Crippen LogP contribution is -2.39.